The van der Waals surface area contributed by atoms with Crippen LogP contribution in [0.2, 0.25) is 0 Å². The number of hydrogen-bond acceptors (Lipinski definition) is 4. The second-order valence-corrected chi connectivity index (χ2v) is 3.36. The van der Waals surface area contributed by atoms with E-state index in [1.807, 2.05) is 18.9 Å². The molecule has 1 rings (SSSR count). The van der Waals surface area contributed by atoms with Crippen molar-refractivity contribution in [3.05, 3.63) is 24.3 Å². The molecule has 1 aliphatic carbocycles. The van der Waals surface area contributed by atoms with Gasteiger partial charge in [0.05, 0.1) is 9.47 Å². The van der Waals surface area contributed by atoms with Crippen LogP contribution in [-0.4, -0.2) is 17.7 Å². The van der Waals surface area contributed by atoms with Gasteiger partial charge in [-0.25, -0.2) is 4.79 Å². The highest BCUT2D eigenvalue weighted by Crippen LogP contribution is 2.31. The molecule has 0 N–H and O–H groups in total. The summed E-state index contributed by atoms with van der Waals surface area (Å²) in [7, 11) is 6.03. The zero-order chi connectivity index (χ0) is 10.6. The number of rotatable bonds is 3. The smallest absolute Gasteiger partial charge is 0.348 e. The maximum Gasteiger partial charge on any atom is 0.348 e. The number of allylic oxidation sites excluding steroid dienone is 2. The minimum absolute atomic E-state index is 0.525. The second kappa shape index (κ2) is 5.30. The summed E-state index contributed by atoms with van der Waals surface area (Å²) in [6, 6.07) is 0. The molecule has 4 nitrogen and oxygen atoms in total. The molecule has 0 aromatic rings. The third-order valence-corrected chi connectivity index (χ3v) is 2.83. The van der Waals surface area contributed by atoms with E-state index in [0.717, 1.165) is 0 Å². The molecular formula is C7H11O4P3. The Bertz CT molecular complexity index is 278. The predicted octanol–water partition coefficient (Wildman–Crippen LogP) is 1.17. The average molecular weight is 252 g/mol. The summed E-state index contributed by atoms with van der Waals surface area (Å²) < 4.78 is 14.7. The molecule has 0 fully saturated rings. The van der Waals surface area contributed by atoms with E-state index in [-0.39, 0.29) is 0 Å². The van der Waals surface area contributed by atoms with Gasteiger partial charge in [0.25, 0.3) is 0 Å². The van der Waals surface area contributed by atoms with E-state index in [2.05, 4.69) is 14.0 Å². The molecule has 0 saturated heterocycles. The van der Waals surface area contributed by atoms with E-state index < -0.39 is 17.7 Å². The van der Waals surface area contributed by atoms with Crippen molar-refractivity contribution in [3.63, 3.8) is 0 Å². The fraction of sp³-hybridized carbons (Fsp3) is 0.286. The Morgan fingerprint density at radius 1 is 1.29 bits per heavy atom. The Kier molecular flexibility index (Phi) is 4.63. The summed E-state index contributed by atoms with van der Waals surface area (Å²) >= 11 is 0. The maximum atomic E-state index is 11.5. The van der Waals surface area contributed by atoms with E-state index >= 15 is 0 Å². The third-order valence-electron chi connectivity index (χ3n) is 1.93. The molecule has 78 valence electrons. The number of carbonyl (C=O) groups is 1. The molecule has 0 bridgehead atoms. The molecule has 0 amide bonds. The van der Waals surface area contributed by atoms with Crippen LogP contribution in [-0.2, 0) is 18.4 Å². The van der Waals surface area contributed by atoms with Crippen molar-refractivity contribution >= 4 is 34.4 Å². The molecule has 0 spiro atoms. The van der Waals surface area contributed by atoms with Gasteiger partial charge in [-0.2, -0.15) is 0 Å². The van der Waals surface area contributed by atoms with Gasteiger partial charge in [0.1, 0.15) is 6.10 Å². The van der Waals surface area contributed by atoms with Gasteiger partial charge >= 0.3 is 5.97 Å². The zero-order valence-corrected chi connectivity index (χ0v) is 10.7. The minimum Gasteiger partial charge on any atom is -0.449 e. The van der Waals surface area contributed by atoms with Crippen LogP contribution in [0.5, 0.6) is 0 Å². The topological polar surface area (TPSA) is 44.8 Å². The first-order valence-corrected chi connectivity index (χ1v) is 5.13. The molecule has 0 radical (unpaired) electrons. The first-order valence-electron chi connectivity index (χ1n) is 3.72. The first kappa shape index (κ1) is 12.2. The average Bonchev–Trinajstić information content (AvgIpc) is 2.27. The van der Waals surface area contributed by atoms with E-state index in [9.17, 15) is 4.79 Å². The Hall–Kier alpha value is 0.160. The Labute approximate surface area is 89.3 Å². The lowest BCUT2D eigenvalue weighted by atomic mass is 9.93. The summed E-state index contributed by atoms with van der Waals surface area (Å²) in [6.07, 6.45) is 6.24. The van der Waals surface area contributed by atoms with Crippen molar-refractivity contribution in [2.45, 2.75) is 11.7 Å². The normalized spacial score (nSPS) is 30.4. The monoisotopic (exact) mass is 252 g/mol. The first-order chi connectivity index (χ1) is 6.71. The fourth-order valence-electron chi connectivity index (χ4n) is 1.18. The third kappa shape index (κ3) is 2.05. The van der Waals surface area contributed by atoms with Gasteiger partial charge in [0.2, 0.25) is 5.60 Å². The Morgan fingerprint density at radius 3 is 2.50 bits per heavy atom. The van der Waals surface area contributed by atoms with Crippen molar-refractivity contribution in [1.82, 2.24) is 0 Å². The molecule has 5 atom stereocenters. The molecule has 0 aromatic carbocycles. The summed E-state index contributed by atoms with van der Waals surface area (Å²) in [6.45, 7) is 0. The lowest BCUT2D eigenvalue weighted by molar-refractivity contribution is -0.150. The van der Waals surface area contributed by atoms with Crippen LogP contribution in [0.3, 0.4) is 0 Å². The van der Waals surface area contributed by atoms with Crippen LogP contribution in [0.15, 0.2) is 24.3 Å². The largest absolute Gasteiger partial charge is 0.449 e. The van der Waals surface area contributed by atoms with Crippen molar-refractivity contribution in [3.8, 4) is 0 Å². The van der Waals surface area contributed by atoms with Crippen LogP contribution in [0.25, 0.3) is 0 Å². The van der Waals surface area contributed by atoms with Crippen LogP contribution in [0.4, 0.5) is 0 Å². The van der Waals surface area contributed by atoms with E-state index in [1.54, 1.807) is 24.3 Å². The molecular weight excluding hydrogens is 241 g/mol. The Balaban J connectivity index is 3.02. The highest BCUT2D eigenvalue weighted by atomic mass is 31.0. The SMILES string of the molecule is O=C(OP)[C@]1(OP)C=CC=C[C@H]1OP. The molecule has 0 saturated carbocycles. The standard InChI is InChI=1S/C7H11O4P3/c8-6(10-13)7(11-14)4-2-1-3-5(7)9-12/h1-5H,12-14H2/t5-,7+/m1/s1. The van der Waals surface area contributed by atoms with Crippen LogP contribution < -0.4 is 0 Å². The quantitative estimate of drug-likeness (QED) is 0.707. The molecule has 0 aromatic heterocycles. The van der Waals surface area contributed by atoms with Gasteiger partial charge in [-0.15, -0.1) is 0 Å². The minimum atomic E-state index is -1.23. The Morgan fingerprint density at radius 2 is 2.00 bits per heavy atom. The highest BCUT2D eigenvalue weighted by Gasteiger charge is 2.46. The van der Waals surface area contributed by atoms with Crippen molar-refractivity contribution in [2.75, 3.05) is 0 Å². The molecule has 0 aliphatic heterocycles. The molecule has 1 aliphatic rings. The zero-order valence-electron chi connectivity index (χ0n) is 7.25. The van der Waals surface area contributed by atoms with Crippen LogP contribution in [0.1, 0.15) is 0 Å². The van der Waals surface area contributed by atoms with Gasteiger partial charge in [-0.05, 0) is 6.08 Å². The molecule has 3 unspecified atom stereocenters. The fourth-order valence-corrected chi connectivity index (χ4v) is 1.96. The second-order valence-electron chi connectivity index (χ2n) is 2.62. The van der Waals surface area contributed by atoms with Crippen molar-refractivity contribution in [2.24, 2.45) is 0 Å². The molecule has 7 heteroatoms. The van der Waals surface area contributed by atoms with Crippen molar-refractivity contribution in [1.29, 1.82) is 0 Å². The molecule has 14 heavy (non-hydrogen) atoms. The summed E-state index contributed by atoms with van der Waals surface area (Å²) in [5.41, 5.74) is -1.23. The van der Waals surface area contributed by atoms with Crippen molar-refractivity contribution < 1.29 is 18.4 Å². The number of carbonyl (C=O) groups excluding carboxylic acids is 1. The number of hydrogen-bond donors (Lipinski definition) is 0. The van der Waals surface area contributed by atoms with Gasteiger partial charge in [0.15, 0.2) is 0 Å². The summed E-state index contributed by atoms with van der Waals surface area (Å²) in [5, 5.41) is 0. The van der Waals surface area contributed by atoms with Crippen LogP contribution in [0, 0.1) is 0 Å². The van der Waals surface area contributed by atoms with E-state index in [1.165, 1.54) is 0 Å². The summed E-state index contributed by atoms with van der Waals surface area (Å²) in [5.74, 6) is -0.537. The van der Waals surface area contributed by atoms with E-state index in [0.29, 0.717) is 0 Å². The predicted molar refractivity (Wildman–Crippen MR) is 62.2 cm³/mol. The molecule has 0 heterocycles. The van der Waals surface area contributed by atoms with Gasteiger partial charge in [-0.1, -0.05) is 18.2 Å². The van der Waals surface area contributed by atoms with Crippen LogP contribution >= 0.6 is 28.4 Å². The summed E-state index contributed by atoms with van der Waals surface area (Å²) in [4.78, 5) is 11.5. The van der Waals surface area contributed by atoms with Gasteiger partial charge < -0.3 is 13.6 Å². The lowest BCUT2D eigenvalue weighted by Gasteiger charge is -2.32. The maximum absolute atomic E-state index is 11.5. The van der Waals surface area contributed by atoms with Gasteiger partial charge in [0, 0.05) is 18.9 Å². The van der Waals surface area contributed by atoms with E-state index in [4.69, 9.17) is 9.05 Å². The van der Waals surface area contributed by atoms with Gasteiger partial charge in [-0.3, -0.25) is 0 Å². The lowest BCUT2D eigenvalue weighted by Crippen LogP contribution is -2.48. The highest BCUT2D eigenvalue weighted by molar-refractivity contribution is 7.11.